The standard InChI is InChI=1S/C20H25ClN2O3S2/c1-22(2)12-13-26-18(24)6-4-3-5-11-23-19(25)17(28-20(23)27)14-15-7-9-16(21)10-8-15/h7-10,14H,3-6,11-13H2,1-2H3. The summed E-state index contributed by atoms with van der Waals surface area (Å²) >= 11 is 12.6. The molecule has 1 aromatic carbocycles. The van der Waals surface area contributed by atoms with Crippen LogP contribution in [0.5, 0.6) is 0 Å². The van der Waals surface area contributed by atoms with E-state index in [1.54, 1.807) is 17.0 Å². The molecule has 1 aromatic rings. The fourth-order valence-corrected chi connectivity index (χ4v) is 3.97. The second-order valence-electron chi connectivity index (χ2n) is 6.72. The zero-order valence-corrected chi connectivity index (χ0v) is 18.5. The van der Waals surface area contributed by atoms with Gasteiger partial charge in [0.15, 0.2) is 0 Å². The summed E-state index contributed by atoms with van der Waals surface area (Å²) < 4.78 is 5.74. The van der Waals surface area contributed by atoms with E-state index in [1.165, 1.54) is 11.8 Å². The number of unbranched alkanes of at least 4 members (excludes halogenated alkanes) is 2. The molecule has 0 unspecified atom stereocenters. The van der Waals surface area contributed by atoms with Crippen molar-refractivity contribution in [1.29, 1.82) is 0 Å². The zero-order valence-electron chi connectivity index (χ0n) is 16.2. The van der Waals surface area contributed by atoms with Crippen molar-refractivity contribution in [3.8, 4) is 0 Å². The van der Waals surface area contributed by atoms with E-state index in [0.717, 1.165) is 31.4 Å². The highest BCUT2D eigenvalue weighted by molar-refractivity contribution is 8.26. The molecule has 1 aliphatic rings. The van der Waals surface area contributed by atoms with Crippen molar-refractivity contribution in [3.63, 3.8) is 0 Å². The number of hydrogen-bond donors (Lipinski definition) is 0. The maximum atomic E-state index is 12.6. The summed E-state index contributed by atoms with van der Waals surface area (Å²) in [4.78, 5) is 28.4. The normalized spacial score (nSPS) is 15.7. The fraction of sp³-hybridized carbons (Fsp3) is 0.450. The molecule has 0 radical (unpaired) electrons. The highest BCUT2D eigenvalue weighted by atomic mass is 35.5. The molecule has 0 spiro atoms. The van der Waals surface area contributed by atoms with Crippen molar-refractivity contribution >= 4 is 57.9 Å². The molecule has 1 saturated heterocycles. The molecule has 0 bridgehead atoms. The number of esters is 1. The summed E-state index contributed by atoms with van der Waals surface area (Å²) in [5.41, 5.74) is 0.915. The number of nitrogens with zero attached hydrogens (tertiary/aromatic N) is 2. The van der Waals surface area contributed by atoms with Crippen LogP contribution in [0.4, 0.5) is 0 Å². The lowest BCUT2D eigenvalue weighted by molar-refractivity contribution is -0.144. The summed E-state index contributed by atoms with van der Waals surface area (Å²) in [5.74, 6) is -0.230. The maximum absolute atomic E-state index is 12.6. The summed E-state index contributed by atoms with van der Waals surface area (Å²) in [7, 11) is 3.87. The summed E-state index contributed by atoms with van der Waals surface area (Å²) in [6.45, 7) is 1.71. The highest BCUT2D eigenvalue weighted by Crippen LogP contribution is 2.32. The number of benzene rings is 1. The van der Waals surface area contributed by atoms with Crippen LogP contribution in [0.1, 0.15) is 31.2 Å². The molecular weight excluding hydrogens is 416 g/mol. The van der Waals surface area contributed by atoms with Gasteiger partial charge in [0, 0.05) is 24.5 Å². The molecule has 1 heterocycles. The van der Waals surface area contributed by atoms with E-state index >= 15 is 0 Å². The molecule has 28 heavy (non-hydrogen) atoms. The minimum Gasteiger partial charge on any atom is -0.464 e. The van der Waals surface area contributed by atoms with Crippen molar-refractivity contribution in [3.05, 3.63) is 39.8 Å². The maximum Gasteiger partial charge on any atom is 0.305 e. The van der Waals surface area contributed by atoms with E-state index in [-0.39, 0.29) is 11.9 Å². The predicted octanol–water partition coefficient (Wildman–Crippen LogP) is 4.21. The van der Waals surface area contributed by atoms with Gasteiger partial charge >= 0.3 is 5.97 Å². The van der Waals surface area contributed by atoms with Crippen molar-refractivity contribution in [1.82, 2.24) is 9.80 Å². The molecule has 1 amide bonds. The number of amides is 1. The number of halogens is 1. The number of rotatable bonds is 10. The number of likely N-dealkylation sites (N-methyl/N-ethyl adjacent to an activating group) is 1. The van der Waals surface area contributed by atoms with E-state index in [9.17, 15) is 9.59 Å². The van der Waals surface area contributed by atoms with Crippen molar-refractivity contribution in [2.24, 2.45) is 0 Å². The molecule has 8 heteroatoms. The van der Waals surface area contributed by atoms with Crippen molar-refractivity contribution in [2.75, 3.05) is 33.8 Å². The zero-order chi connectivity index (χ0) is 20.5. The van der Waals surface area contributed by atoms with Gasteiger partial charge in [0.25, 0.3) is 5.91 Å². The van der Waals surface area contributed by atoms with Gasteiger partial charge in [-0.2, -0.15) is 0 Å². The Kier molecular flexibility index (Phi) is 9.44. The van der Waals surface area contributed by atoms with Gasteiger partial charge < -0.3 is 9.64 Å². The highest BCUT2D eigenvalue weighted by Gasteiger charge is 2.31. The lowest BCUT2D eigenvalue weighted by atomic mass is 10.2. The van der Waals surface area contributed by atoms with Crippen LogP contribution in [0.3, 0.4) is 0 Å². The van der Waals surface area contributed by atoms with Gasteiger partial charge in [0.2, 0.25) is 0 Å². The smallest absolute Gasteiger partial charge is 0.305 e. The Morgan fingerprint density at radius 1 is 1.25 bits per heavy atom. The molecule has 0 aliphatic carbocycles. The van der Waals surface area contributed by atoms with Crippen LogP contribution in [0.15, 0.2) is 29.2 Å². The third-order valence-corrected chi connectivity index (χ3v) is 5.74. The number of carbonyl (C=O) groups excluding carboxylic acids is 2. The van der Waals surface area contributed by atoms with Gasteiger partial charge in [0.05, 0.1) is 4.91 Å². The molecular formula is C20H25ClN2O3S2. The van der Waals surface area contributed by atoms with Crippen LogP contribution in [0.25, 0.3) is 6.08 Å². The Balaban J connectivity index is 1.71. The van der Waals surface area contributed by atoms with Gasteiger partial charge in [0.1, 0.15) is 10.9 Å². The van der Waals surface area contributed by atoms with E-state index in [0.29, 0.717) is 33.8 Å². The van der Waals surface area contributed by atoms with Gasteiger partial charge in [-0.05, 0) is 50.7 Å². The number of thioether (sulfide) groups is 1. The van der Waals surface area contributed by atoms with Crippen LogP contribution in [-0.4, -0.2) is 59.8 Å². The Hall–Kier alpha value is -1.41. The number of hydrogen-bond acceptors (Lipinski definition) is 6. The first-order chi connectivity index (χ1) is 13.4. The molecule has 0 N–H and O–H groups in total. The average Bonchev–Trinajstić information content (AvgIpc) is 2.90. The van der Waals surface area contributed by atoms with E-state index < -0.39 is 0 Å². The largest absolute Gasteiger partial charge is 0.464 e. The molecule has 152 valence electrons. The molecule has 0 saturated carbocycles. The van der Waals surface area contributed by atoms with Crippen LogP contribution in [0, 0.1) is 0 Å². The van der Waals surface area contributed by atoms with E-state index in [1.807, 2.05) is 37.2 Å². The molecule has 0 atom stereocenters. The van der Waals surface area contributed by atoms with E-state index in [4.69, 9.17) is 28.6 Å². The Morgan fingerprint density at radius 2 is 1.96 bits per heavy atom. The molecule has 2 rings (SSSR count). The first kappa shape index (κ1) is 22.9. The third-order valence-electron chi connectivity index (χ3n) is 4.11. The first-order valence-corrected chi connectivity index (χ1v) is 10.8. The van der Waals surface area contributed by atoms with Gasteiger partial charge in [-0.25, -0.2) is 0 Å². The van der Waals surface area contributed by atoms with Gasteiger partial charge in [-0.1, -0.05) is 54.1 Å². The summed E-state index contributed by atoms with van der Waals surface area (Å²) in [5, 5.41) is 0.659. The minimum absolute atomic E-state index is 0.0620. The minimum atomic E-state index is -0.168. The third kappa shape index (κ3) is 7.54. The predicted molar refractivity (Wildman–Crippen MR) is 119 cm³/mol. The van der Waals surface area contributed by atoms with Crippen LogP contribution in [0.2, 0.25) is 5.02 Å². The molecule has 1 fully saturated rings. The lowest BCUT2D eigenvalue weighted by Crippen LogP contribution is -2.29. The Morgan fingerprint density at radius 3 is 2.64 bits per heavy atom. The Labute approximate surface area is 181 Å². The van der Waals surface area contributed by atoms with Crippen molar-refractivity contribution < 1.29 is 14.3 Å². The number of ether oxygens (including phenoxy) is 1. The average molecular weight is 441 g/mol. The number of thiocarbonyl (C=S) groups is 1. The topological polar surface area (TPSA) is 49.9 Å². The van der Waals surface area contributed by atoms with Crippen molar-refractivity contribution in [2.45, 2.75) is 25.7 Å². The van der Waals surface area contributed by atoms with Gasteiger partial charge in [-0.15, -0.1) is 0 Å². The molecule has 0 aromatic heterocycles. The first-order valence-electron chi connectivity index (χ1n) is 9.18. The summed E-state index contributed by atoms with van der Waals surface area (Å²) in [6.07, 6.45) is 4.62. The lowest BCUT2D eigenvalue weighted by Gasteiger charge is -2.14. The van der Waals surface area contributed by atoms with Crippen LogP contribution >= 0.6 is 35.6 Å². The van der Waals surface area contributed by atoms with Gasteiger partial charge in [-0.3, -0.25) is 14.5 Å². The SMILES string of the molecule is CN(C)CCOC(=O)CCCCCN1C(=O)C(=Cc2ccc(Cl)cc2)SC1=S. The number of carbonyl (C=O) groups is 2. The quantitative estimate of drug-likeness (QED) is 0.235. The Bertz CT molecular complexity index is 735. The van der Waals surface area contributed by atoms with E-state index in [2.05, 4.69) is 0 Å². The second kappa shape index (κ2) is 11.6. The van der Waals surface area contributed by atoms with Crippen LogP contribution < -0.4 is 0 Å². The summed E-state index contributed by atoms with van der Waals surface area (Å²) in [6, 6.07) is 7.32. The molecule has 1 aliphatic heterocycles. The van der Waals surface area contributed by atoms with Crippen LogP contribution in [-0.2, 0) is 14.3 Å². The molecule has 5 nitrogen and oxygen atoms in total. The second-order valence-corrected chi connectivity index (χ2v) is 8.83. The monoisotopic (exact) mass is 440 g/mol. The fourth-order valence-electron chi connectivity index (χ4n) is 2.53.